The highest BCUT2D eigenvalue weighted by molar-refractivity contribution is 5.74. The number of urea groups is 1. The van der Waals surface area contributed by atoms with Crippen molar-refractivity contribution < 1.29 is 9.90 Å². The highest BCUT2D eigenvalue weighted by Gasteiger charge is 2.21. The van der Waals surface area contributed by atoms with Crippen LogP contribution in [-0.4, -0.2) is 41.3 Å². The van der Waals surface area contributed by atoms with Gasteiger partial charge in [-0.3, -0.25) is 0 Å². The van der Waals surface area contributed by atoms with Gasteiger partial charge in [0.2, 0.25) is 0 Å². The minimum absolute atomic E-state index is 0.0592. The van der Waals surface area contributed by atoms with Crippen LogP contribution in [0.3, 0.4) is 0 Å². The molecule has 0 heterocycles. The Hall–Kier alpha value is -0.770. The van der Waals surface area contributed by atoms with Gasteiger partial charge < -0.3 is 15.3 Å². The van der Waals surface area contributed by atoms with Crippen LogP contribution in [0.4, 0.5) is 4.79 Å². The number of amides is 2. The van der Waals surface area contributed by atoms with Gasteiger partial charge in [0, 0.05) is 13.1 Å². The average Bonchev–Trinajstić information content (AvgIpc) is 2.83. The van der Waals surface area contributed by atoms with Crippen LogP contribution in [-0.2, 0) is 0 Å². The largest absolute Gasteiger partial charge is 0.389 e. The Bertz CT molecular complexity index is 268. The third kappa shape index (κ3) is 6.81. The van der Waals surface area contributed by atoms with Gasteiger partial charge in [0.1, 0.15) is 0 Å². The predicted octanol–water partition coefficient (Wildman–Crippen LogP) is 2.76. The number of nitrogens with zero attached hydrogens (tertiary/aromatic N) is 1. The summed E-state index contributed by atoms with van der Waals surface area (Å²) in [7, 11) is 0. The Balaban J connectivity index is 2.17. The first-order valence-electron chi connectivity index (χ1n) is 7.67. The van der Waals surface area contributed by atoms with E-state index in [1.807, 2.05) is 6.92 Å². The summed E-state index contributed by atoms with van der Waals surface area (Å²) < 4.78 is 0. The molecule has 0 bridgehead atoms. The average molecular weight is 270 g/mol. The number of aliphatic hydroxyl groups is 1. The minimum Gasteiger partial charge on any atom is -0.389 e. The fourth-order valence-electron chi connectivity index (χ4n) is 2.79. The van der Waals surface area contributed by atoms with E-state index in [0.717, 1.165) is 18.9 Å². The SMILES string of the molecule is CCN(CC(C)(C)O)C(=O)NCCCC1CCCC1. The van der Waals surface area contributed by atoms with Gasteiger partial charge in [0.25, 0.3) is 0 Å². The molecule has 1 aliphatic rings. The summed E-state index contributed by atoms with van der Waals surface area (Å²) >= 11 is 0. The van der Waals surface area contributed by atoms with Crippen molar-refractivity contribution in [2.24, 2.45) is 5.92 Å². The minimum atomic E-state index is -0.836. The molecule has 1 fully saturated rings. The van der Waals surface area contributed by atoms with E-state index in [2.05, 4.69) is 5.32 Å². The van der Waals surface area contributed by atoms with Crippen molar-refractivity contribution in [2.45, 2.75) is 64.9 Å². The zero-order valence-electron chi connectivity index (χ0n) is 12.7. The molecule has 0 spiro atoms. The lowest BCUT2D eigenvalue weighted by molar-refractivity contribution is 0.0480. The molecule has 1 saturated carbocycles. The molecule has 0 saturated heterocycles. The highest BCUT2D eigenvalue weighted by Crippen LogP contribution is 2.28. The molecule has 1 rings (SSSR count). The third-order valence-corrected chi connectivity index (χ3v) is 3.79. The van der Waals surface area contributed by atoms with Gasteiger partial charge in [0.05, 0.1) is 12.1 Å². The Morgan fingerprint density at radius 1 is 1.37 bits per heavy atom. The van der Waals surface area contributed by atoms with Crippen LogP contribution in [0, 0.1) is 5.92 Å². The lowest BCUT2D eigenvalue weighted by atomic mass is 10.0. The normalized spacial score (nSPS) is 16.6. The number of carbonyl (C=O) groups excluding carboxylic acids is 1. The van der Waals surface area contributed by atoms with Crippen LogP contribution in [0.5, 0.6) is 0 Å². The van der Waals surface area contributed by atoms with E-state index in [1.54, 1.807) is 18.7 Å². The quantitative estimate of drug-likeness (QED) is 0.699. The first kappa shape index (κ1) is 16.3. The van der Waals surface area contributed by atoms with E-state index in [0.29, 0.717) is 13.1 Å². The van der Waals surface area contributed by atoms with Crippen molar-refractivity contribution in [3.8, 4) is 0 Å². The maximum atomic E-state index is 12.0. The molecule has 0 aromatic heterocycles. The van der Waals surface area contributed by atoms with E-state index >= 15 is 0 Å². The summed E-state index contributed by atoms with van der Waals surface area (Å²) in [6.07, 6.45) is 7.80. The molecular weight excluding hydrogens is 240 g/mol. The van der Waals surface area contributed by atoms with Crippen LogP contribution < -0.4 is 5.32 Å². The van der Waals surface area contributed by atoms with Crippen LogP contribution >= 0.6 is 0 Å². The molecule has 4 heteroatoms. The molecule has 0 aliphatic heterocycles. The molecule has 0 atom stereocenters. The van der Waals surface area contributed by atoms with Crippen LogP contribution in [0.2, 0.25) is 0 Å². The number of rotatable bonds is 7. The van der Waals surface area contributed by atoms with Gasteiger partial charge >= 0.3 is 6.03 Å². The van der Waals surface area contributed by atoms with E-state index in [4.69, 9.17) is 0 Å². The summed E-state index contributed by atoms with van der Waals surface area (Å²) in [5.74, 6) is 0.885. The predicted molar refractivity (Wildman–Crippen MR) is 78.1 cm³/mol. The molecule has 0 unspecified atom stereocenters. The molecule has 4 nitrogen and oxygen atoms in total. The smallest absolute Gasteiger partial charge is 0.317 e. The van der Waals surface area contributed by atoms with Crippen molar-refractivity contribution in [3.63, 3.8) is 0 Å². The fourth-order valence-corrected chi connectivity index (χ4v) is 2.79. The summed E-state index contributed by atoms with van der Waals surface area (Å²) in [5.41, 5.74) is -0.836. The maximum absolute atomic E-state index is 12.0. The second-order valence-electron chi connectivity index (χ2n) is 6.35. The number of hydrogen-bond acceptors (Lipinski definition) is 2. The lowest BCUT2D eigenvalue weighted by Gasteiger charge is -2.28. The molecule has 0 aromatic carbocycles. The summed E-state index contributed by atoms with van der Waals surface area (Å²) in [6.45, 7) is 7.13. The molecule has 19 heavy (non-hydrogen) atoms. The number of hydrogen-bond donors (Lipinski definition) is 2. The molecule has 2 N–H and O–H groups in total. The Morgan fingerprint density at radius 2 is 2.00 bits per heavy atom. The Kier molecular flexibility index (Phi) is 6.63. The van der Waals surface area contributed by atoms with E-state index in [1.165, 1.54) is 32.1 Å². The van der Waals surface area contributed by atoms with Crippen molar-refractivity contribution in [1.29, 1.82) is 0 Å². The number of likely N-dealkylation sites (N-methyl/N-ethyl adjacent to an activating group) is 1. The number of carbonyl (C=O) groups is 1. The van der Waals surface area contributed by atoms with Crippen LogP contribution in [0.15, 0.2) is 0 Å². The van der Waals surface area contributed by atoms with Crippen molar-refractivity contribution in [2.75, 3.05) is 19.6 Å². The highest BCUT2D eigenvalue weighted by atomic mass is 16.3. The Labute approximate surface area is 117 Å². The lowest BCUT2D eigenvalue weighted by Crippen LogP contribution is -2.47. The third-order valence-electron chi connectivity index (χ3n) is 3.79. The van der Waals surface area contributed by atoms with Crippen LogP contribution in [0.25, 0.3) is 0 Å². The monoisotopic (exact) mass is 270 g/mol. The van der Waals surface area contributed by atoms with Gasteiger partial charge in [-0.25, -0.2) is 4.79 Å². The van der Waals surface area contributed by atoms with Crippen molar-refractivity contribution in [1.82, 2.24) is 10.2 Å². The first-order valence-corrected chi connectivity index (χ1v) is 7.67. The fraction of sp³-hybridized carbons (Fsp3) is 0.933. The van der Waals surface area contributed by atoms with Gasteiger partial charge in [0.15, 0.2) is 0 Å². The van der Waals surface area contributed by atoms with E-state index < -0.39 is 5.60 Å². The van der Waals surface area contributed by atoms with Gasteiger partial charge in [-0.1, -0.05) is 25.7 Å². The van der Waals surface area contributed by atoms with Crippen molar-refractivity contribution in [3.05, 3.63) is 0 Å². The maximum Gasteiger partial charge on any atom is 0.317 e. The second-order valence-corrected chi connectivity index (χ2v) is 6.35. The second kappa shape index (κ2) is 7.73. The standard InChI is InChI=1S/C15H30N2O2/c1-4-17(12-15(2,3)19)14(18)16-11-7-10-13-8-5-6-9-13/h13,19H,4-12H2,1-3H3,(H,16,18). The molecule has 2 amide bonds. The van der Waals surface area contributed by atoms with Gasteiger partial charge in [-0.05, 0) is 39.5 Å². The van der Waals surface area contributed by atoms with E-state index in [9.17, 15) is 9.90 Å². The molecule has 1 aliphatic carbocycles. The zero-order chi connectivity index (χ0) is 14.3. The first-order chi connectivity index (χ1) is 8.92. The zero-order valence-corrected chi connectivity index (χ0v) is 12.7. The topological polar surface area (TPSA) is 52.6 Å². The van der Waals surface area contributed by atoms with Gasteiger partial charge in [-0.15, -0.1) is 0 Å². The summed E-state index contributed by atoms with van der Waals surface area (Å²) in [4.78, 5) is 13.6. The molecular formula is C15H30N2O2. The molecule has 112 valence electrons. The Morgan fingerprint density at radius 3 is 2.53 bits per heavy atom. The van der Waals surface area contributed by atoms with E-state index in [-0.39, 0.29) is 6.03 Å². The number of nitrogens with one attached hydrogen (secondary N) is 1. The molecule has 0 aromatic rings. The van der Waals surface area contributed by atoms with Crippen molar-refractivity contribution >= 4 is 6.03 Å². The summed E-state index contributed by atoms with van der Waals surface area (Å²) in [6, 6.07) is -0.0592. The van der Waals surface area contributed by atoms with Gasteiger partial charge in [-0.2, -0.15) is 0 Å². The molecule has 0 radical (unpaired) electrons. The van der Waals surface area contributed by atoms with Crippen LogP contribution in [0.1, 0.15) is 59.3 Å². The summed E-state index contributed by atoms with van der Waals surface area (Å²) in [5, 5.41) is 12.7.